The molecule has 2 unspecified atom stereocenters. The van der Waals surface area contributed by atoms with E-state index in [4.69, 9.17) is 5.73 Å². The number of nitrogens with zero attached hydrogens (tertiary/aromatic N) is 1. The second kappa shape index (κ2) is 5.50. The van der Waals surface area contributed by atoms with Crippen molar-refractivity contribution in [2.45, 2.75) is 25.4 Å². The summed E-state index contributed by atoms with van der Waals surface area (Å²) < 4.78 is 0. The number of benzene rings is 1. The minimum Gasteiger partial charge on any atom is -0.371 e. The fourth-order valence-electron chi connectivity index (χ4n) is 2.61. The number of thiophene rings is 1. The Kier molecular flexibility index (Phi) is 3.69. The zero-order valence-corrected chi connectivity index (χ0v) is 13.0. The maximum atomic E-state index is 11.6. The summed E-state index contributed by atoms with van der Waals surface area (Å²) in [5, 5.41) is 4.94. The van der Waals surface area contributed by atoms with E-state index in [1.807, 2.05) is 18.2 Å². The van der Waals surface area contributed by atoms with Crippen LogP contribution in [-0.4, -0.2) is 19.0 Å². The maximum Gasteiger partial charge on any atom is 0.245 e. The van der Waals surface area contributed by atoms with E-state index >= 15 is 0 Å². The van der Waals surface area contributed by atoms with Crippen molar-refractivity contribution in [3.05, 3.63) is 46.2 Å². The van der Waals surface area contributed by atoms with Gasteiger partial charge in [-0.3, -0.25) is 4.79 Å². The number of fused-ring (bicyclic) bond motifs is 1. The molecule has 4 nitrogen and oxygen atoms in total. The van der Waals surface area contributed by atoms with Crippen molar-refractivity contribution in [3.63, 3.8) is 0 Å². The molecule has 21 heavy (non-hydrogen) atoms. The van der Waals surface area contributed by atoms with Crippen LogP contribution in [0.25, 0.3) is 0 Å². The maximum absolute atomic E-state index is 11.6. The fraction of sp³-hybridized carbons (Fsp3) is 0.312. The Morgan fingerprint density at radius 2 is 2.24 bits per heavy atom. The molecule has 1 aromatic carbocycles. The van der Waals surface area contributed by atoms with E-state index in [9.17, 15) is 4.79 Å². The third-order valence-electron chi connectivity index (χ3n) is 4.06. The Labute approximate surface area is 128 Å². The van der Waals surface area contributed by atoms with Crippen molar-refractivity contribution in [2.24, 2.45) is 5.73 Å². The number of nitrogens with two attached hydrogens (primary N) is 1. The molecule has 1 aromatic heterocycles. The van der Waals surface area contributed by atoms with Gasteiger partial charge in [0.25, 0.3) is 0 Å². The molecule has 5 heteroatoms. The van der Waals surface area contributed by atoms with Crippen molar-refractivity contribution < 1.29 is 4.79 Å². The molecule has 0 bridgehead atoms. The summed E-state index contributed by atoms with van der Waals surface area (Å²) in [5.41, 5.74) is 8.64. The molecule has 0 saturated heterocycles. The monoisotopic (exact) mass is 301 g/mol. The molecule has 2 atom stereocenters. The van der Waals surface area contributed by atoms with Gasteiger partial charge in [0, 0.05) is 41.3 Å². The summed E-state index contributed by atoms with van der Waals surface area (Å²) >= 11 is 1.78. The fourth-order valence-corrected chi connectivity index (χ4v) is 3.43. The van der Waals surface area contributed by atoms with Gasteiger partial charge >= 0.3 is 0 Å². The van der Waals surface area contributed by atoms with Gasteiger partial charge in [-0.2, -0.15) is 0 Å². The van der Waals surface area contributed by atoms with Crippen LogP contribution >= 0.6 is 11.3 Å². The average Bonchev–Trinajstić information content (AvgIpc) is 3.07. The second-order valence-corrected chi connectivity index (χ2v) is 6.51. The third kappa shape index (κ3) is 2.66. The van der Waals surface area contributed by atoms with Crippen LogP contribution in [0.3, 0.4) is 0 Å². The smallest absolute Gasteiger partial charge is 0.245 e. The van der Waals surface area contributed by atoms with Crippen LogP contribution in [0.1, 0.15) is 23.4 Å². The molecule has 3 N–H and O–H groups in total. The molecule has 0 saturated carbocycles. The third-order valence-corrected chi connectivity index (χ3v) is 4.96. The van der Waals surface area contributed by atoms with E-state index in [1.165, 1.54) is 4.88 Å². The molecule has 1 amide bonds. The van der Waals surface area contributed by atoms with Crippen molar-refractivity contribution in [2.75, 3.05) is 17.3 Å². The molecule has 0 aliphatic carbocycles. The number of nitrogens with one attached hydrogen (secondary N) is 1. The van der Waals surface area contributed by atoms with Gasteiger partial charge in [-0.25, -0.2) is 0 Å². The Bertz CT molecular complexity index is 654. The van der Waals surface area contributed by atoms with Crippen molar-refractivity contribution >= 4 is 28.6 Å². The van der Waals surface area contributed by atoms with Crippen LogP contribution in [0.4, 0.5) is 11.4 Å². The summed E-state index contributed by atoms with van der Waals surface area (Å²) in [6.07, 6.45) is 1.01. The van der Waals surface area contributed by atoms with Gasteiger partial charge in [0.2, 0.25) is 5.91 Å². The van der Waals surface area contributed by atoms with Crippen LogP contribution in [0.2, 0.25) is 0 Å². The van der Waals surface area contributed by atoms with E-state index in [2.05, 4.69) is 41.7 Å². The number of anilines is 2. The predicted molar refractivity (Wildman–Crippen MR) is 87.9 cm³/mol. The summed E-state index contributed by atoms with van der Waals surface area (Å²) in [5.74, 6) is -0.128. The molecule has 0 spiro atoms. The lowest BCUT2D eigenvalue weighted by atomic mass is 10.1. The van der Waals surface area contributed by atoms with E-state index in [0.29, 0.717) is 6.04 Å². The first-order valence-electron chi connectivity index (χ1n) is 7.02. The SMILES string of the molecule is CC(Cc1cccs1)N(C)c1ccc2c(c1)NC(=O)C2N. The number of carbonyl (C=O) groups excluding carboxylic acids is 1. The highest BCUT2D eigenvalue weighted by Crippen LogP contribution is 2.33. The lowest BCUT2D eigenvalue weighted by molar-refractivity contribution is -0.116. The predicted octanol–water partition coefficient (Wildman–Crippen LogP) is 2.77. The number of hydrogen-bond acceptors (Lipinski definition) is 4. The van der Waals surface area contributed by atoms with Gasteiger partial charge < -0.3 is 16.0 Å². The Balaban J connectivity index is 1.78. The lowest BCUT2D eigenvalue weighted by Crippen LogP contribution is -2.30. The van der Waals surface area contributed by atoms with Crippen LogP contribution in [0, 0.1) is 0 Å². The van der Waals surface area contributed by atoms with Gasteiger partial charge in [-0.1, -0.05) is 12.1 Å². The highest BCUT2D eigenvalue weighted by Gasteiger charge is 2.27. The highest BCUT2D eigenvalue weighted by atomic mass is 32.1. The molecule has 2 aromatic rings. The zero-order chi connectivity index (χ0) is 15.0. The molecular weight excluding hydrogens is 282 g/mol. The number of amides is 1. The van der Waals surface area contributed by atoms with Crippen molar-refractivity contribution in [1.82, 2.24) is 0 Å². The van der Waals surface area contributed by atoms with E-state index < -0.39 is 6.04 Å². The topological polar surface area (TPSA) is 58.4 Å². The Morgan fingerprint density at radius 1 is 1.43 bits per heavy atom. The number of carbonyl (C=O) groups is 1. The standard InChI is InChI=1S/C16H19N3OS/c1-10(8-12-4-3-7-21-12)19(2)11-5-6-13-14(9-11)18-16(20)15(13)17/h3-7,9-10,15H,8,17H2,1-2H3,(H,18,20). The molecule has 1 aliphatic rings. The van der Waals surface area contributed by atoms with E-state index in [0.717, 1.165) is 23.4 Å². The molecule has 110 valence electrons. The molecule has 0 fully saturated rings. The van der Waals surface area contributed by atoms with Crippen molar-refractivity contribution in [3.8, 4) is 0 Å². The Hall–Kier alpha value is -1.85. The second-order valence-electron chi connectivity index (χ2n) is 5.48. The first kappa shape index (κ1) is 14.1. The van der Waals surface area contributed by atoms with Crippen LogP contribution in [-0.2, 0) is 11.2 Å². The largest absolute Gasteiger partial charge is 0.371 e. The number of rotatable bonds is 4. The zero-order valence-electron chi connectivity index (χ0n) is 12.2. The number of likely N-dealkylation sites (N-methyl/N-ethyl adjacent to an activating group) is 1. The Morgan fingerprint density at radius 3 is 2.95 bits per heavy atom. The molecular formula is C16H19N3OS. The van der Waals surface area contributed by atoms with E-state index in [-0.39, 0.29) is 5.91 Å². The lowest BCUT2D eigenvalue weighted by Gasteiger charge is -2.27. The molecule has 1 aliphatic heterocycles. The molecule has 0 radical (unpaired) electrons. The quantitative estimate of drug-likeness (QED) is 0.913. The highest BCUT2D eigenvalue weighted by molar-refractivity contribution is 7.09. The van der Waals surface area contributed by atoms with Gasteiger partial charge in [-0.05, 0) is 30.5 Å². The molecule has 2 heterocycles. The van der Waals surface area contributed by atoms with Crippen LogP contribution < -0.4 is 16.0 Å². The summed E-state index contributed by atoms with van der Waals surface area (Å²) in [7, 11) is 2.08. The molecule has 3 rings (SSSR count). The first-order valence-corrected chi connectivity index (χ1v) is 7.90. The van der Waals surface area contributed by atoms with Crippen LogP contribution in [0.5, 0.6) is 0 Å². The van der Waals surface area contributed by atoms with Gasteiger partial charge in [0.15, 0.2) is 0 Å². The average molecular weight is 301 g/mol. The number of hydrogen-bond donors (Lipinski definition) is 2. The van der Waals surface area contributed by atoms with E-state index in [1.54, 1.807) is 11.3 Å². The van der Waals surface area contributed by atoms with Crippen LogP contribution in [0.15, 0.2) is 35.7 Å². The first-order chi connectivity index (χ1) is 10.1. The minimum absolute atomic E-state index is 0.128. The summed E-state index contributed by atoms with van der Waals surface area (Å²) in [6.45, 7) is 2.21. The summed E-state index contributed by atoms with van der Waals surface area (Å²) in [4.78, 5) is 15.2. The van der Waals surface area contributed by atoms with Gasteiger partial charge in [-0.15, -0.1) is 11.3 Å². The normalized spacial score (nSPS) is 18.2. The minimum atomic E-state index is -0.539. The summed E-state index contributed by atoms with van der Waals surface area (Å²) in [6, 6.07) is 10.1. The van der Waals surface area contributed by atoms with Crippen molar-refractivity contribution in [1.29, 1.82) is 0 Å². The van der Waals surface area contributed by atoms with Gasteiger partial charge in [0.05, 0.1) is 0 Å². The van der Waals surface area contributed by atoms with Gasteiger partial charge in [0.1, 0.15) is 6.04 Å².